The molecule has 1 fully saturated rings. The van der Waals surface area contributed by atoms with E-state index >= 15 is 0 Å². The van der Waals surface area contributed by atoms with E-state index in [-0.39, 0.29) is 22.4 Å². The van der Waals surface area contributed by atoms with E-state index in [2.05, 4.69) is 16.1 Å². The van der Waals surface area contributed by atoms with Gasteiger partial charge < -0.3 is 10.0 Å². The Morgan fingerprint density at radius 1 is 1.12 bits per heavy atom. The highest BCUT2D eigenvalue weighted by Crippen LogP contribution is 2.45. The molecule has 3 aromatic rings. The van der Waals surface area contributed by atoms with Gasteiger partial charge in [-0.1, -0.05) is 18.2 Å². The van der Waals surface area contributed by atoms with Gasteiger partial charge in [0.15, 0.2) is 0 Å². The molecule has 0 aliphatic heterocycles. The Balaban J connectivity index is 1.58. The van der Waals surface area contributed by atoms with Crippen LogP contribution < -0.4 is 15.6 Å². The maximum atomic E-state index is 14.4. The molecule has 2 N–H and O–H groups in total. The highest BCUT2D eigenvalue weighted by molar-refractivity contribution is 7.87. The second kappa shape index (κ2) is 8.60. The lowest BCUT2D eigenvalue weighted by Crippen LogP contribution is -2.24. The first-order valence-electron chi connectivity index (χ1n) is 10.2. The summed E-state index contributed by atoms with van der Waals surface area (Å²) < 4.78 is 31.9. The second-order valence-corrected chi connectivity index (χ2v) is 9.48. The molecule has 1 aliphatic carbocycles. The Bertz CT molecular complexity index is 1310. The molecule has 2 aromatic carbocycles. The zero-order valence-corrected chi connectivity index (χ0v) is 18.8. The van der Waals surface area contributed by atoms with Crippen molar-refractivity contribution in [2.24, 2.45) is 7.05 Å². The van der Waals surface area contributed by atoms with E-state index in [1.807, 2.05) is 12.1 Å². The van der Waals surface area contributed by atoms with E-state index in [1.165, 1.54) is 10.6 Å². The zero-order chi connectivity index (χ0) is 23.0. The van der Waals surface area contributed by atoms with Crippen molar-refractivity contribution in [2.45, 2.75) is 31.4 Å². The number of anilines is 3. The van der Waals surface area contributed by atoms with Crippen molar-refractivity contribution in [3.05, 3.63) is 87.0 Å². The molecule has 3 atom stereocenters. The smallest absolute Gasteiger partial charge is 0.254 e. The molecule has 32 heavy (non-hydrogen) atoms. The molecule has 1 aromatic heterocycles. The van der Waals surface area contributed by atoms with E-state index in [9.17, 15) is 13.4 Å². The summed E-state index contributed by atoms with van der Waals surface area (Å²) in [6.07, 6.45) is 0.756. The van der Waals surface area contributed by atoms with Gasteiger partial charge in [-0.15, -0.1) is 0 Å². The quantitative estimate of drug-likeness (QED) is 0.583. The number of rotatable bonds is 6. The summed E-state index contributed by atoms with van der Waals surface area (Å²) in [6, 6.07) is 15.8. The lowest BCUT2D eigenvalue weighted by molar-refractivity contribution is 0.630. The summed E-state index contributed by atoms with van der Waals surface area (Å²) in [5.41, 5.74) is 3.37. The van der Waals surface area contributed by atoms with Crippen LogP contribution in [0.25, 0.3) is 0 Å². The standard InChI is InChI=1S/C24H23FN4O2S/c1-14-4-9-20(19(25)10-14)27-23-21(11-15(2)24(30)29(23)3)28-32(31)22-12-18(22)17-7-5-16(13-26)6-8-17/h4-11,18,22,27-28H,12H2,1-3H3. The van der Waals surface area contributed by atoms with E-state index in [0.29, 0.717) is 22.6 Å². The predicted octanol–water partition coefficient (Wildman–Crippen LogP) is 4.39. The van der Waals surface area contributed by atoms with Gasteiger partial charge in [-0.2, -0.15) is 5.26 Å². The molecule has 4 rings (SSSR count). The van der Waals surface area contributed by atoms with Crippen LogP contribution in [0.15, 0.2) is 53.3 Å². The maximum Gasteiger partial charge on any atom is 0.254 e. The summed E-state index contributed by atoms with van der Waals surface area (Å²) in [6.45, 7) is 3.48. The van der Waals surface area contributed by atoms with Crippen LogP contribution in [0, 0.1) is 31.0 Å². The monoisotopic (exact) mass is 450 g/mol. The van der Waals surface area contributed by atoms with Gasteiger partial charge in [0, 0.05) is 18.5 Å². The number of nitriles is 1. The fourth-order valence-electron chi connectivity index (χ4n) is 3.72. The van der Waals surface area contributed by atoms with Gasteiger partial charge in [-0.3, -0.25) is 9.36 Å². The molecule has 0 bridgehead atoms. The van der Waals surface area contributed by atoms with Gasteiger partial charge in [0.25, 0.3) is 5.56 Å². The van der Waals surface area contributed by atoms with Gasteiger partial charge in [0.05, 0.1) is 28.3 Å². The fourth-order valence-corrected chi connectivity index (χ4v) is 5.08. The summed E-state index contributed by atoms with van der Waals surface area (Å²) >= 11 is 0. The van der Waals surface area contributed by atoms with E-state index in [4.69, 9.17) is 5.26 Å². The highest BCUT2D eigenvalue weighted by Gasteiger charge is 2.43. The van der Waals surface area contributed by atoms with Crippen molar-refractivity contribution in [3.8, 4) is 6.07 Å². The molecule has 0 radical (unpaired) electrons. The van der Waals surface area contributed by atoms with Crippen LogP contribution in [0.3, 0.4) is 0 Å². The van der Waals surface area contributed by atoms with Crippen LogP contribution in [0.2, 0.25) is 0 Å². The molecule has 1 saturated carbocycles. The molecule has 164 valence electrons. The Kier molecular flexibility index (Phi) is 5.85. The van der Waals surface area contributed by atoms with Gasteiger partial charge >= 0.3 is 0 Å². The van der Waals surface area contributed by atoms with Crippen LogP contribution in [0.4, 0.5) is 21.6 Å². The van der Waals surface area contributed by atoms with Crippen LogP contribution in [0.5, 0.6) is 0 Å². The maximum absolute atomic E-state index is 14.4. The SMILES string of the molecule is Cc1ccc(Nc2c(NS(=O)C3CC3c3ccc(C#N)cc3)cc(C)c(=O)n2C)c(F)c1. The van der Waals surface area contributed by atoms with Gasteiger partial charge in [0.2, 0.25) is 0 Å². The number of nitrogens with one attached hydrogen (secondary N) is 2. The van der Waals surface area contributed by atoms with Crippen molar-refractivity contribution in [3.63, 3.8) is 0 Å². The molecule has 6 nitrogen and oxygen atoms in total. The normalized spacial score (nSPS) is 18.0. The third-order valence-corrected chi connectivity index (χ3v) is 7.15. The summed E-state index contributed by atoms with van der Waals surface area (Å²) in [7, 11) is 0.178. The number of pyridine rings is 1. The van der Waals surface area contributed by atoms with Gasteiger partial charge in [-0.05, 0) is 61.7 Å². The molecule has 3 unspecified atom stereocenters. The second-order valence-electron chi connectivity index (χ2n) is 8.08. The van der Waals surface area contributed by atoms with Gasteiger partial charge in [-0.25, -0.2) is 8.60 Å². The first-order valence-corrected chi connectivity index (χ1v) is 11.4. The molecular weight excluding hydrogens is 427 g/mol. The zero-order valence-electron chi connectivity index (χ0n) is 18.0. The molecule has 1 aliphatic rings. The molecule has 0 saturated heterocycles. The molecule has 0 spiro atoms. The average molecular weight is 451 g/mol. The fraction of sp³-hybridized carbons (Fsp3) is 0.250. The number of halogens is 1. The highest BCUT2D eigenvalue weighted by atomic mass is 32.2. The third-order valence-electron chi connectivity index (χ3n) is 5.66. The Labute approximate surface area is 188 Å². The van der Waals surface area contributed by atoms with Crippen LogP contribution in [-0.4, -0.2) is 14.0 Å². The minimum atomic E-state index is -1.41. The third kappa shape index (κ3) is 4.30. The lowest BCUT2D eigenvalue weighted by Gasteiger charge is -2.18. The minimum absolute atomic E-state index is 0.0931. The van der Waals surface area contributed by atoms with Crippen molar-refractivity contribution >= 4 is 28.2 Å². The number of aryl methyl sites for hydroxylation is 2. The van der Waals surface area contributed by atoms with Gasteiger partial charge in [0.1, 0.15) is 22.6 Å². The summed E-state index contributed by atoms with van der Waals surface area (Å²) in [4.78, 5) is 12.5. The topological polar surface area (TPSA) is 86.9 Å². The molecule has 1 heterocycles. The predicted molar refractivity (Wildman–Crippen MR) is 125 cm³/mol. The molecule has 0 amide bonds. The number of hydrogen-bond acceptors (Lipinski definition) is 4. The van der Waals surface area contributed by atoms with E-state index in [1.54, 1.807) is 51.2 Å². The first kappa shape index (κ1) is 21.8. The Morgan fingerprint density at radius 2 is 1.84 bits per heavy atom. The van der Waals surface area contributed by atoms with E-state index < -0.39 is 16.8 Å². The number of hydrogen-bond donors (Lipinski definition) is 2. The molecule has 8 heteroatoms. The van der Waals surface area contributed by atoms with Crippen LogP contribution in [-0.2, 0) is 18.0 Å². The molecular formula is C24H23FN4O2S. The number of aromatic nitrogens is 1. The minimum Gasteiger partial charge on any atom is -0.337 e. The average Bonchev–Trinajstić information content (AvgIpc) is 3.57. The largest absolute Gasteiger partial charge is 0.337 e. The van der Waals surface area contributed by atoms with Crippen molar-refractivity contribution < 1.29 is 8.60 Å². The van der Waals surface area contributed by atoms with Crippen LogP contribution >= 0.6 is 0 Å². The Hall–Kier alpha value is -3.44. The van der Waals surface area contributed by atoms with E-state index in [0.717, 1.165) is 17.5 Å². The van der Waals surface area contributed by atoms with Crippen molar-refractivity contribution in [1.82, 2.24) is 4.57 Å². The Morgan fingerprint density at radius 3 is 2.50 bits per heavy atom. The number of benzene rings is 2. The van der Waals surface area contributed by atoms with Crippen molar-refractivity contribution in [1.29, 1.82) is 5.26 Å². The summed E-state index contributed by atoms with van der Waals surface area (Å²) in [5.74, 6) is 0.0381. The van der Waals surface area contributed by atoms with Crippen LogP contribution in [0.1, 0.15) is 34.6 Å². The summed E-state index contributed by atoms with van der Waals surface area (Å²) in [5, 5.41) is 11.8. The lowest BCUT2D eigenvalue weighted by atomic mass is 10.1. The first-order chi connectivity index (χ1) is 15.3. The van der Waals surface area contributed by atoms with Crippen molar-refractivity contribution in [2.75, 3.05) is 10.0 Å². The number of nitrogens with zero attached hydrogens (tertiary/aromatic N) is 2.